The van der Waals surface area contributed by atoms with E-state index in [1.807, 2.05) is 0 Å². The average Bonchev–Trinajstić information content (AvgIpc) is 2.67. The quantitative estimate of drug-likeness (QED) is 0.878. The molecule has 3 rings (SSSR count). The third-order valence-electron chi connectivity index (χ3n) is 4.57. The third-order valence-corrected chi connectivity index (χ3v) is 4.57. The lowest BCUT2D eigenvalue weighted by atomic mass is 10.00. The molecule has 5 heteroatoms. The molecule has 5 nitrogen and oxygen atoms in total. The molecule has 0 unspecified atom stereocenters. The van der Waals surface area contributed by atoms with Crippen LogP contribution in [-0.4, -0.2) is 44.7 Å². The minimum Gasteiger partial charge on any atom is -0.493 e. The fourth-order valence-corrected chi connectivity index (χ4v) is 3.15. The fraction of sp³-hybridized carbons (Fsp3) is 0.350. The molecule has 0 aliphatic carbocycles. The highest BCUT2D eigenvalue weighted by molar-refractivity contribution is 5.94. The molecule has 0 fully saturated rings. The van der Waals surface area contributed by atoms with Crippen molar-refractivity contribution in [3.05, 3.63) is 59.2 Å². The molecule has 1 heterocycles. The van der Waals surface area contributed by atoms with Crippen molar-refractivity contribution in [1.82, 2.24) is 10.2 Å². The summed E-state index contributed by atoms with van der Waals surface area (Å²) in [7, 11) is 3.14. The Morgan fingerprint density at radius 2 is 1.84 bits per heavy atom. The van der Waals surface area contributed by atoms with Crippen LogP contribution in [0.1, 0.15) is 21.5 Å². The maximum Gasteiger partial charge on any atom is 0.251 e. The van der Waals surface area contributed by atoms with Crippen LogP contribution in [0, 0.1) is 0 Å². The van der Waals surface area contributed by atoms with E-state index in [0.29, 0.717) is 23.6 Å². The van der Waals surface area contributed by atoms with Gasteiger partial charge in [0.2, 0.25) is 0 Å². The summed E-state index contributed by atoms with van der Waals surface area (Å²) in [5.41, 5.74) is 3.40. The SMILES string of the molecule is COc1ccc(C(=O)NCCN2CCc3ccccc3C2)cc1OC. The van der Waals surface area contributed by atoms with Crippen molar-refractivity contribution < 1.29 is 14.3 Å². The number of fused-ring (bicyclic) bond motifs is 1. The first-order chi connectivity index (χ1) is 12.2. The van der Waals surface area contributed by atoms with Gasteiger partial charge in [0.25, 0.3) is 5.91 Å². The summed E-state index contributed by atoms with van der Waals surface area (Å²) in [6.07, 6.45) is 1.07. The molecule has 0 bridgehead atoms. The number of ether oxygens (including phenoxy) is 2. The zero-order chi connectivity index (χ0) is 17.6. The lowest BCUT2D eigenvalue weighted by Gasteiger charge is -2.28. The Morgan fingerprint density at radius 1 is 1.08 bits per heavy atom. The van der Waals surface area contributed by atoms with Crippen LogP contribution in [0.4, 0.5) is 0 Å². The molecule has 0 aromatic heterocycles. The molecule has 0 atom stereocenters. The van der Waals surface area contributed by atoms with E-state index < -0.39 is 0 Å². The van der Waals surface area contributed by atoms with Gasteiger partial charge in [0, 0.05) is 31.7 Å². The van der Waals surface area contributed by atoms with E-state index in [1.165, 1.54) is 11.1 Å². The smallest absolute Gasteiger partial charge is 0.251 e. The van der Waals surface area contributed by atoms with Crippen molar-refractivity contribution in [2.45, 2.75) is 13.0 Å². The summed E-state index contributed by atoms with van der Waals surface area (Å²) < 4.78 is 10.4. The minimum absolute atomic E-state index is 0.0987. The summed E-state index contributed by atoms with van der Waals surface area (Å²) in [4.78, 5) is 14.7. The molecule has 25 heavy (non-hydrogen) atoms. The lowest BCUT2D eigenvalue weighted by Crippen LogP contribution is -2.37. The lowest BCUT2D eigenvalue weighted by molar-refractivity contribution is 0.0947. The second-order valence-electron chi connectivity index (χ2n) is 6.12. The van der Waals surface area contributed by atoms with Gasteiger partial charge >= 0.3 is 0 Å². The number of benzene rings is 2. The molecule has 0 saturated carbocycles. The number of nitrogens with zero attached hydrogens (tertiary/aromatic N) is 1. The molecule has 1 N–H and O–H groups in total. The van der Waals surface area contributed by atoms with Gasteiger partial charge in [-0.3, -0.25) is 9.69 Å². The van der Waals surface area contributed by atoms with Gasteiger partial charge in [-0.15, -0.1) is 0 Å². The topological polar surface area (TPSA) is 50.8 Å². The Kier molecular flexibility index (Phi) is 5.56. The summed E-state index contributed by atoms with van der Waals surface area (Å²) in [6.45, 7) is 3.44. The van der Waals surface area contributed by atoms with Crippen molar-refractivity contribution in [2.24, 2.45) is 0 Å². The molecule has 0 radical (unpaired) electrons. The van der Waals surface area contributed by atoms with Crippen molar-refractivity contribution in [1.29, 1.82) is 0 Å². The number of nitrogens with one attached hydrogen (secondary N) is 1. The van der Waals surface area contributed by atoms with E-state index in [9.17, 15) is 4.79 Å². The van der Waals surface area contributed by atoms with Crippen molar-refractivity contribution in [3.8, 4) is 11.5 Å². The number of carbonyl (C=O) groups excluding carboxylic acids is 1. The second-order valence-corrected chi connectivity index (χ2v) is 6.12. The fourth-order valence-electron chi connectivity index (χ4n) is 3.15. The zero-order valence-electron chi connectivity index (χ0n) is 14.7. The highest BCUT2D eigenvalue weighted by atomic mass is 16.5. The summed E-state index contributed by atoms with van der Waals surface area (Å²) in [6, 6.07) is 13.8. The molecule has 1 aliphatic rings. The summed E-state index contributed by atoms with van der Waals surface area (Å²) in [5.74, 6) is 1.08. The monoisotopic (exact) mass is 340 g/mol. The molecule has 1 aliphatic heterocycles. The van der Waals surface area contributed by atoms with Crippen LogP contribution < -0.4 is 14.8 Å². The van der Waals surface area contributed by atoms with Gasteiger partial charge in [-0.25, -0.2) is 0 Å². The molecule has 0 spiro atoms. The van der Waals surface area contributed by atoms with Crippen LogP contribution in [-0.2, 0) is 13.0 Å². The van der Waals surface area contributed by atoms with E-state index in [0.717, 1.165) is 26.1 Å². The molecule has 2 aromatic rings. The normalized spacial score (nSPS) is 13.8. The Balaban J connectivity index is 1.52. The number of rotatable bonds is 6. The first-order valence-corrected chi connectivity index (χ1v) is 8.50. The van der Waals surface area contributed by atoms with E-state index in [2.05, 4.69) is 34.5 Å². The van der Waals surface area contributed by atoms with Gasteiger partial charge in [0.15, 0.2) is 11.5 Å². The second kappa shape index (κ2) is 8.03. The van der Waals surface area contributed by atoms with Gasteiger partial charge in [-0.1, -0.05) is 24.3 Å². The van der Waals surface area contributed by atoms with Crippen molar-refractivity contribution in [3.63, 3.8) is 0 Å². The number of carbonyl (C=O) groups is 1. The van der Waals surface area contributed by atoms with Gasteiger partial charge in [-0.05, 0) is 35.7 Å². The first-order valence-electron chi connectivity index (χ1n) is 8.50. The number of amides is 1. The Labute approximate surface area is 148 Å². The van der Waals surface area contributed by atoms with Gasteiger partial charge in [0.05, 0.1) is 14.2 Å². The minimum atomic E-state index is -0.0987. The van der Waals surface area contributed by atoms with E-state index in [1.54, 1.807) is 32.4 Å². The van der Waals surface area contributed by atoms with Crippen LogP contribution in [0.15, 0.2) is 42.5 Å². The predicted molar refractivity (Wildman–Crippen MR) is 97.3 cm³/mol. The largest absolute Gasteiger partial charge is 0.493 e. The van der Waals surface area contributed by atoms with Gasteiger partial charge in [-0.2, -0.15) is 0 Å². The van der Waals surface area contributed by atoms with Crippen LogP contribution in [0.25, 0.3) is 0 Å². The molecular formula is C20H24N2O3. The maximum atomic E-state index is 12.3. The average molecular weight is 340 g/mol. The Bertz CT molecular complexity index is 745. The number of methoxy groups -OCH3 is 2. The Hall–Kier alpha value is -2.53. The zero-order valence-corrected chi connectivity index (χ0v) is 14.7. The van der Waals surface area contributed by atoms with E-state index >= 15 is 0 Å². The highest BCUT2D eigenvalue weighted by Crippen LogP contribution is 2.27. The summed E-state index contributed by atoms with van der Waals surface area (Å²) in [5, 5.41) is 2.98. The van der Waals surface area contributed by atoms with Crippen LogP contribution in [0.2, 0.25) is 0 Å². The predicted octanol–water partition coefficient (Wildman–Crippen LogP) is 2.49. The van der Waals surface area contributed by atoms with Gasteiger partial charge in [0.1, 0.15) is 0 Å². The van der Waals surface area contributed by atoms with Crippen molar-refractivity contribution in [2.75, 3.05) is 33.9 Å². The molecule has 2 aromatic carbocycles. The number of hydrogen-bond acceptors (Lipinski definition) is 4. The standard InChI is InChI=1S/C20H24N2O3/c1-24-18-8-7-16(13-19(18)25-2)20(23)21-10-12-22-11-9-15-5-3-4-6-17(15)14-22/h3-8,13H,9-12,14H2,1-2H3,(H,21,23). The highest BCUT2D eigenvalue weighted by Gasteiger charge is 2.16. The van der Waals surface area contributed by atoms with Crippen LogP contribution in [0.5, 0.6) is 11.5 Å². The van der Waals surface area contributed by atoms with Gasteiger partial charge < -0.3 is 14.8 Å². The third kappa shape index (κ3) is 4.12. The first kappa shape index (κ1) is 17.3. The molecular weight excluding hydrogens is 316 g/mol. The van der Waals surface area contributed by atoms with Crippen LogP contribution >= 0.6 is 0 Å². The molecule has 0 saturated heterocycles. The van der Waals surface area contributed by atoms with Crippen molar-refractivity contribution >= 4 is 5.91 Å². The summed E-state index contributed by atoms with van der Waals surface area (Å²) >= 11 is 0. The number of hydrogen-bond donors (Lipinski definition) is 1. The van der Waals surface area contributed by atoms with E-state index in [4.69, 9.17) is 9.47 Å². The molecule has 1 amide bonds. The van der Waals surface area contributed by atoms with E-state index in [-0.39, 0.29) is 5.91 Å². The van der Waals surface area contributed by atoms with Crippen LogP contribution in [0.3, 0.4) is 0 Å². The molecule has 132 valence electrons. The Morgan fingerprint density at radius 3 is 2.60 bits per heavy atom. The maximum absolute atomic E-state index is 12.3.